The fraction of sp³-hybridized carbons (Fsp3) is 0.538. The van der Waals surface area contributed by atoms with Gasteiger partial charge in [-0.15, -0.1) is 0 Å². The van der Waals surface area contributed by atoms with Gasteiger partial charge in [0.05, 0.1) is 23.6 Å². The van der Waals surface area contributed by atoms with Gasteiger partial charge in [-0.3, -0.25) is 0 Å². The van der Waals surface area contributed by atoms with Gasteiger partial charge in [-0.2, -0.15) is 0 Å². The third-order valence-electron chi connectivity index (χ3n) is 3.30. The Morgan fingerprint density at radius 3 is 2.78 bits per heavy atom. The van der Waals surface area contributed by atoms with Crippen LogP contribution in [-0.2, 0) is 0 Å². The molecular weight excluding hydrogens is 235 g/mol. The average molecular weight is 254 g/mol. The predicted molar refractivity (Wildman–Crippen MR) is 69.3 cm³/mol. The molecule has 1 saturated carbocycles. The number of anilines is 2. The zero-order chi connectivity index (χ0) is 13.2. The lowest BCUT2D eigenvalue weighted by atomic mass is 9.80. The number of nitrogen functional groups attached to an aromatic ring is 1. The van der Waals surface area contributed by atoms with E-state index in [1.54, 1.807) is 6.92 Å². The third-order valence-corrected chi connectivity index (χ3v) is 3.30. The van der Waals surface area contributed by atoms with Gasteiger partial charge in [-0.05, 0) is 26.2 Å². The maximum atomic E-state index is 13.5. The first-order valence-corrected chi connectivity index (χ1v) is 6.22. The highest BCUT2D eigenvalue weighted by Crippen LogP contribution is 2.33. The number of nitrogens with one attached hydrogen (secondary N) is 1. The van der Waals surface area contributed by atoms with Crippen molar-refractivity contribution in [2.75, 3.05) is 24.2 Å². The lowest BCUT2D eigenvalue weighted by Gasteiger charge is -2.37. The molecule has 0 radical (unpaired) electrons. The zero-order valence-corrected chi connectivity index (χ0v) is 10.5. The molecule has 2 rings (SSSR count). The topological polar surface area (TPSA) is 67.5 Å². The van der Waals surface area contributed by atoms with Gasteiger partial charge in [0.25, 0.3) is 0 Å². The summed E-state index contributed by atoms with van der Waals surface area (Å²) in [7, 11) is 0. The molecule has 0 heterocycles. The Kier molecular flexibility index (Phi) is 3.61. The maximum absolute atomic E-state index is 13.5. The van der Waals surface area contributed by atoms with Crippen LogP contribution < -0.4 is 15.8 Å². The second-order valence-corrected chi connectivity index (χ2v) is 4.73. The lowest BCUT2D eigenvalue weighted by Crippen LogP contribution is -2.43. The Morgan fingerprint density at radius 2 is 2.22 bits per heavy atom. The van der Waals surface area contributed by atoms with Crippen molar-refractivity contribution in [2.45, 2.75) is 31.8 Å². The van der Waals surface area contributed by atoms with Crippen LogP contribution in [0.25, 0.3) is 0 Å². The van der Waals surface area contributed by atoms with Crippen molar-refractivity contribution < 1.29 is 14.2 Å². The van der Waals surface area contributed by atoms with E-state index < -0.39 is 11.4 Å². The second-order valence-electron chi connectivity index (χ2n) is 4.73. The third kappa shape index (κ3) is 2.67. The van der Waals surface area contributed by atoms with Gasteiger partial charge in [0.1, 0.15) is 0 Å². The van der Waals surface area contributed by atoms with Gasteiger partial charge >= 0.3 is 0 Å². The molecule has 1 aromatic rings. The van der Waals surface area contributed by atoms with E-state index in [9.17, 15) is 9.50 Å². The molecule has 0 bridgehead atoms. The Morgan fingerprint density at radius 1 is 1.50 bits per heavy atom. The predicted octanol–water partition coefficient (Wildman–Crippen LogP) is 2.13. The molecule has 0 atom stereocenters. The van der Waals surface area contributed by atoms with Crippen molar-refractivity contribution in [3.8, 4) is 5.75 Å². The van der Waals surface area contributed by atoms with Crippen LogP contribution in [0.4, 0.5) is 15.8 Å². The molecule has 4 N–H and O–H groups in total. The van der Waals surface area contributed by atoms with E-state index in [2.05, 4.69) is 5.32 Å². The molecule has 4 nitrogen and oxygen atoms in total. The van der Waals surface area contributed by atoms with Crippen LogP contribution in [0.1, 0.15) is 26.2 Å². The quantitative estimate of drug-likeness (QED) is 0.704. The molecule has 0 unspecified atom stereocenters. The summed E-state index contributed by atoms with van der Waals surface area (Å²) in [6.07, 6.45) is 2.63. The average Bonchev–Trinajstić information content (AvgIpc) is 2.29. The van der Waals surface area contributed by atoms with E-state index in [0.29, 0.717) is 24.5 Å². The SMILES string of the molecule is CCOc1cc(NCC2(O)CCC2)c(N)cc1F. The molecular formula is C13H19FN2O2. The lowest BCUT2D eigenvalue weighted by molar-refractivity contribution is -0.0201. The summed E-state index contributed by atoms with van der Waals surface area (Å²) in [5, 5.41) is 13.0. The summed E-state index contributed by atoms with van der Waals surface area (Å²) in [5.74, 6) is -0.294. The van der Waals surface area contributed by atoms with Crippen molar-refractivity contribution in [3.05, 3.63) is 17.9 Å². The van der Waals surface area contributed by atoms with E-state index in [1.807, 2.05) is 0 Å². The molecule has 0 aromatic heterocycles. The van der Waals surface area contributed by atoms with Crippen LogP contribution in [0.5, 0.6) is 5.75 Å². The van der Waals surface area contributed by atoms with Gasteiger partial charge < -0.3 is 20.9 Å². The van der Waals surface area contributed by atoms with Crippen LogP contribution in [0.15, 0.2) is 12.1 Å². The van der Waals surface area contributed by atoms with Gasteiger partial charge in [0.2, 0.25) is 0 Å². The largest absolute Gasteiger partial charge is 0.491 e. The molecule has 0 amide bonds. The molecule has 1 aromatic carbocycles. The van der Waals surface area contributed by atoms with Crippen LogP contribution in [-0.4, -0.2) is 23.9 Å². The van der Waals surface area contributed by atoms with Crippen molar-refractivity contribution in [3.63, 3.8) is 0 Å². The van der Waals surface area contributed by atoms with Crippen molar-refractivity contribution in [1.82, 2.24) is 0 Å². The second kappa shape index (κ2) is 5.02. The highest BCUT2D eigenvalue weighted by Gasteiger charge is 2.34. The minimum atomic E-state index is -0.646. The minimum absolute atomic E-state index is 0.176. The molecule has 0 spiro atoms. The van der Waals surface area contributed by atoms with Crippen molar-refractivity contribution in [2.24, 2.45) is 0 Å². The van der Waals surface area contributed by atoms with E-state index in [4.69, 9.17) is 10.5 Å². The summed E-state index contributed by atoms with van der Waals surface area (Å²) in [4.78, 5) is 0. The smallest absolute Gasteiger partial charge is 0.167 e. The fourth-order valence-corrected chi connectivity index (χ4v) is 2.01. The van der Waals surface area contributed by atoms with Crippen LogP contribution in [0, 0.1) is 5.82 Å². The Balaban J connectivity index is 2.08. The Hall–Kier alpha value is -1.49. The van der Waals surface area contributed by atoms with Crippen LogP contribution in [0.3, 0.4) is 0 Å². The number of hydrogen-bond acceptors (Lipinski definition) is 4. The van der Waals surface area contributed by atoms with Crippen LogP contribution in [0.2, 0.25) is 0 Å². The monoisotopic (exact) mass is 254 g/mol. The summed E-state index contributed by atoms with van der Waals surface area (Å²) in [6.45, 7) is 2.61. The molecule has 18 heavy (non-hydrogen) atoms. The number of aliphatic hydroxyl groups is 1. The zero-order valence-electron chi connectivity index (χ0n) is 10.5. The fourth-order valence-electron chi connectivity index (χ4n) is 2.01. The molecule has 100 valence electrons. The number of nitrogens with two attached hydrogens (primary N) is 1. The standard InChI is InChI=1S/C13H19FN2O2/c1-2-18-12-7-11(10(15)6-9(12)14)16-8-13(17)4-3-5-13/h6-7,16-17H,2-5,8,15H2,1H3. The molecule has 1 aliphatic carbocycles. The van der Waals surface area contributed by atoms with Gasteiger partial charge in [-0.1, -0.05) is 0 Å². The summed E-state index contributed by atoms with van der Waals surface area (Å²) >= 11 is 0. The molecule has 5 heteroatoms. The first kappa shape index (κ1) is 13.0. The highest BCUT2D eigenvalue weighted by molar-refractivity contribution is 5.68. The first-order valence-electron chi connectivity index (χ1n) is 6.22. The maximum Gasteiger partial charge on any atom is 0.167 e. The normalized spacial score (nSPS) is 17.1. The van der Waals surface area contributed by atoms with Crippen LogP contribution >= 0.6 is 0 Å². The number of rotatable bonds is 5. The Labute approximate surface area is 106 Å². The molecule has 0 saturated heterocycles. The first-order chi connectivity index (χ1) is 8.54. The van der Waals surface area contributed by atoms with Gasteiger partial charge in [0, 0.05) is 18.7 Å². The van der Waals surface area contributed by atoms with Gasteiger partial charge in [0.15, 0.2) is 11.6 Å². The van der Waals surface area contributed by atoms with E-state index in [-0.39, 0.29) is 5.75 Å². The molecule has 1 aliphatic rings. The summed E-state index contributed by atoms with van der Waals surface area (Å²) < 4.78 is 18.7. The molecule has 0 aliphatic heterocycles. The number of benzene rings is 1. The Bertz CT molecular complexity index is 433. The minimum Gasteiger partial charge on any atom is -0.491 e. The highest BCUT2D eigenvalue weighted by atomic mass is 19.1. The number of ether oxygens (including phenoxy) is 1. The molecule has 1 fully saturated rings. The van der Waals surface area contributed by atoms with Crippen molar-refractivity contribution in [1.29, 1.82) is 0 Å². The van der Waals surface area contributed by atoms with E-state index >= 15 is 0 Å². The number of halogens is 1. The van der Waals surface area contributed by atoms with E-state index in [1.165, 1.54) is 12.1 Å². The summed E-state index contributed by atoms with van der Waals surface area (Å²) in [6, 6.07) is 2.77. The van der Waals surface area contributed by atoms with Crippen molar-refractivity contribution >= 4 is 11.4 Å². The van der Waals surface area contributed by atoms with E-state index in [0.717, 1.165) is 19.3 Å². The van der Waals surface area contributed by atoms with Gasteiger partial charge in [-0.25, -0.2) is 4.39 Å². The number of hydrogen-bond donors (Lipinski definition) is 3. The summed E-state index contributed by atoms with van der Waals surface area (Å²) in [5.41, 5.74) is 6.01.